The number of hydrogen-bond acceptors (Lipinski definition) is 4. The lowest BCUT2D eigenvalue weighted by Crippen LogP contribution is -2.28. The molecule has 0 bridgehead atoms. The summed E-state index contributed by atoms with van der Waals surface area (Å²) in [5.41, 5.74) is 7.00. The summed E-state index contributed by atoms with van der Waals surface area (Å²) in [4.78, 5) is 11.5. The van der Waals surface area contributed by atoms with Crippen molar-refractivity contribution in [2.75, 3.05) is 18.9 Å². The molecule has 0 saturated heterocycles. The van der Waals surface area contributed by atoms with Crippen LogP contribution >= 0.6 is 0 Å². The summed E-state index contributed by atoms with van der Waals surface area (Å²) < 4.78 is 1.43. The third kappa shape index (κ3) is 1.85. The van der Waals surface area contributed by atoms with E-state index in [-0.39, 0.29) is 19.1 Å². The maximum atomic E-state index is 11.5. The first-order chi connectivity index (χ1) is 6.57. The van der Waals surface area contributed by atoms with Crippen molar-refractivity contribution in [3.8, 4) is 0 Å². The number of nitrogens with one attached hydrogen (secondary N) is 1. The van der Waals surface area contributed by atoms with Gasteiger partial charge in [0.15, 0.2) is 0 Å². The molecule has 0 aromatic carbocycles. The lowest BCUT2D eigenvalue weighted by Gasteiger charge is -2.03. The quantitative estimate of drug-likeness (QED) is 0.582. The average Bonchev–Trinajstić information content (AvgIpc) is 2.38. The van der Waals surface area contributed by atoms with Gasteiger partial charge in [0.1, 0.15) is 5.69 Å². The molecule has 0 aliphatic heterocycles. The van der Waals surface area contributed by atoms with Crippen LogP contribution in [0.3, 0.4) is 0 Å². The molecule has 6 nitrogen and oxygen atoms in total. The number of amides is 1. The van der Waals surface area contributed by atoms with Crippen LogP contribution in [0.25, 0.3) is 0 Å². The molecule has 78 valence electrons. The zero-order valence-corrected chi connectivity index (χ0v) is 8.24. The minimum Gasteiger partial charge on any atom is -0.395 e. The van der Waals surface area contributed by atoms with Gasteiger partial charge in [-0.25, -0.2) is 0 Å². The van der Waals surface area contributed by atoms with Gasteiger partial charge in [-0.05, 0) is 6.92 Å². The van der Waals surface area contributed by atoms with Gasteiger partial charge >= 0.3 is 0 Å². The van der Waals surface area contributed by atoms with Gasteiger partial charge in [-0.3, -0.25) is 9.48 Å². The Morgan fingerprint density at radius 3 is 2.79 bits per heavy atom. The van der Waals surface area contributed by atoms with Gasteiger partial charge < -0.3 is 16.2 Å². The number of nitrogens with zero attached hydrogens (tertiary/aromatic N) is 2. The molecule has 0 saturated carbocycles. The van der Waals surface area contributed by atoms with Crippen molar-refractivity contribution in [3.63, 3.8) is 0 Å². The van der Waals surface area contributed by atoms with Crippen LogP contribution in [0.5, 0.6) is 0 Å². The van der Waals surface area contributed by atoms with Crippen LogP contribution in [0.1, 0.15) is 16.2 Å². The molecule has 0 fully saturated rings. The number of aliphatic hydroxyl groups excluding tert-OH is 1. The SMILES string of the molecule is Cc1nn(C)c(C(=O)NCCO)c1N. The van der Waals surface area contributed by atoms with Crippen molar-refractivity contribution in [3.05, 3.63) is 11.4 Å². The van der Waals surface area contributed by atoms with E-state index in [1.165, 1.54) is 4.68 Å². The highest BCUT2D eigenvalue weighted by atomic mass is 16.3. The van der Waals surface area contributed by atoms with E-state index in [0.29, 0.717) is 17.1 Å². The topological polar surface area (TPSA) is 93.2 Å². The van der Waals surface area contributed by atoms with Gasteiger partial charge in [0, 0.05) is 13.6 Å². The number of aliphatic hydroxyl groups is 1. The fourth-order valence-electron chi connectivity index (χ4n) is 1.20. The van der Waals surface area contributed by atoms with Crippen molar-refractivity contribution < 1.29 is 9.90 Å². The standard InChI is InChI=1S/C8H14N4O2/c1-5-6(9)7(12(2)11-5)8(14)10-3-4-13/h13H,3-4,9H2,1-2H3,(H,10,14). The summed E-state index contributed by atoms with van der Waals surface area (Å²) in [6.45, 7) is 1.85. The lowest BCUT2D eigenvalue weighted by molar-refractivity contribution is 0.0936. The van der Waals surface area contributed by atoms with Crippen LogP contribution in [-0.2, 0) is 7.05 Å². The van der Waals surface area contributed by atoms with E-state index in [4.69, 9.17) is 10.8 Å². The van der Waals surface area contributed by atoms with Gasteiger partial charge in [0.2, 0.25) is 0 Å². The molecule has 14 heavy (non-hydrogen) atoms. The Morgan fingerprint density at radius 1 is 1.71 bits per heavy atom. The van der Waals surface area contributed by atoms with Crippen LogP contribution in [0.15, 0.2) is 0 Å². The first-order valence-electron chi connectivity index (χ1n) is 4.26. The molecule has 0 aliphatic carbocycles. The van der Waals surface area contributed by atoms with Crippen LogP contribution in [0, 0.1) is 6.92 Å². The summed E-state index contributed by atoms with van der Waals surface area (Å²) in [6.07, 6.45) is 0. The summed E-state index contributed by atoms with van der Waals surface area (Å²) >= 11 is 0. The van der Waals surface area contributed by atoms with Gasteiger partial charge in [0.05, 0.1) is 18.0 Å². The third-order valence-electron chi connectivity index (χ3n) is 1.88. The Balaban J connectivity index is 2.89. The molecule has 0 aliphatic rings. The number of aryl methyl sites for hydroxylation is 2. The molecule has 0 spiro atoms. The Bertz CT molecular complexity index is 345. The second kappa shape index (κ2) is 4.10. The summed E-state index contributed by atoms with van der Waals surface area (Å²) in [7, 11) is 1.65. The van der Waals surface area contributed by atoms with E-state index in [2.05, 4.69) is 10.4 Å². The average molecular weight is 198 g/mol. The zero-order valence-electron chi connectivity index (χ0n) is 8.24. The molecule has 6 heteroatoms. The number of carbonyl (C=O) groups is 1. The lowest BCUT2D eigenvalue weighted by atomic mass is 10.3. The van der Waals surface area contributed by atoms with Crippen molar-refractivity contribution in [2.45, 2.75) is 6.92 Å². The van der Waals surface area contributed by atoms with Crippen LogP contribution in [-0.4, -0.2) is 33.9 Å². The maximum Gasteiger partial charge on any atom is 0.271 e. The van der Waals surface area contributed by atoms with Crippen molar-refractivity contribution in [2.24, 2.45) is 7.05 Å². The molecule has 4 N–H and O–H groups in total. The summed E-state index contributed by atoms with van der Waals surface area (Å²) in [5, 5.41) is 15.1. The van der Waals surface area contributed by atoms with Crippen LogP contribution in [0.4, 0.5) is 5.69 Å². The van der Waals surface area contributed by atoms with Crippen molar-refractivity contribution in [1.29, 1.82) is 0 Å². The number of rotatable bonds is 3. The van der Waals surface area contributed by atoms with Crippen LogP contribution in [0.2, 0.25) is 0 Å². The minimum absolute atomic E-state index is 0.0948. The highest BCUT2D eigenvalue weighted by molar-refractivity contribution is 5.97. The molecule has 1 rings (SSSR count). The van der Waals surface area contributed by atoms with Gasteiger partial charge in [-0.2, -0.15) is 5.10 Å². The summed E-state index contributed by atoms with van der Waals surface area (Å²) in [5.74, 6) is -0.320. The second-order valence-electron chi connectivity index (χ2n) is 2.95. The van der Waals surface area contributed by atoms with Gasteiger partial charge in [0.25, 0.3) is 5.91 Å². The molecule has 0 unspecified atom stereocenters. The number of anilines is 1. The van der Waals surface area contributed by atoms with E-state index in [9.17, 15) is 4.79 Å². The Morgan fingerprint density at radius 2 is 2.36 bits per heavy atom. The smallest absolute Gasteiger partial charge is 0.271 e. The molecule has 0 atom stereocenters. The molecular formula is C8H14N4O2. The minimum atomic E-state index is -0.320. The summed E-state index contributed by atoms with van der Waals surface area (Å²) in [6, 6.07) is 0. The van der Waals surface area contributed by atoms with Crippen molar-refractivity contribution in [1.82, 2.24) is 15.1 Å². The number of hydrogen-bond donors (Lipinski definition) is 3. The second-order valence-corrected chi connectivity index (χ2v) is 2.95. The van der Waals surface area contributed by atoms with E-state index in [1.54, 1.807) is 14.0 Å². The fraction of sp³-hybridized carbons (Fsp3) is 0.500. The molecule has 1 amide bonds. The molecule has 1 aromatic rings. The molecule has 1 heterocycles. The van der Waals surface area contributed by atoms with Crippen LogP contribution < -0.4 is 11.1 Å². The largest absolute Gasteiger partial charge is 0.395 e. The number of nitrogen functional groups attached to an aromatic ring is 1. The highest BCUT2D eigenvalue weighted by Gasteiger charge is 2.16. The fourth-order valence-corrected chi connectivity index (χ4v) is 1.20. The molecule has 1 aromatic heterocycles. The predicted molar refractivity (Wildman–Crippen MR) is 51.8 cm³/mol. The first-order valence-corrected chi connectivity index (χ1v) is 4.26. The monoisotopic (exact) mass is 198 g/mol. The molecular weight excluding hydrogens is 184 g/mol. The Kier molecular flexibility index (Phi) is 3.08. The van der Waals surface area contributed by atoms with E-state index in [0.717, 1.165) is 0 Å². The Hall–Kier alpha value is -1.56. The normalized spacial score (nSPS) is 10.2. The maximum absolute atomic E-state index is 11.5. The number of nitrogens with two attached hydrogens (primary N) is 1. The molecule has 0 radical (unpaired) electrons. The van der Waals surface area contributed by atoms with E-state index in [1.807, 2.05) is 0 Å². The van der Waals surface area contributed by atoms with Gasteiger partial charge in [-0.1, -0.05) is 0 Å². The first kappa shape index (κ1) is 10.5. The van der Waals surface area contributed by atoms with E-state index >= 15 is 0 Å². The highest BCUT2D eigenvalue weighted by Crippen LogP contribution is 2.14. The predicted octanol–water partition coefficient (Wildman–Crippen LogP) is -0.967. The third-order valence-corrected chi connectivity index (χ3v) is 1.88. The van der Waals surface area contributed by atoms with Gasteiger partial charge in [-0.15, -0.1) is 0 Å². The van der Waals surface area contributed by atoms with E-state index < -0.39 is 0 Å². The number of aromatic nitrogens is 2. The van der Waals surface area contributed by atoms with Crippen molar-refractivity contribution >= 4 is 11.6 Å². The Labute approximate surface area is 81.7 Å². The zero-order chi connectivity index (χ0) is 10.7. The number of carbonyl (C=O) groups excluding carboxylic acids is 1.